The monoisotopic (exact) mass is 353 g/mol. The third-order valence-electron chi connectivity index (χ3n) is 7.19. The zero-order valence-electron chi connectivity index (χ0n) is 18.0. The van der Waals surface area contributed by atoms with Crippen molar-refractivity contribution in [2.75, 3.05) is 0 Å². The molecule has 1 amide bonds. The average molecular weight is 354 g/mol. The Labute approximate surface area is 156 Å². The molecule has 0 saturated carbocycles. The summed E-state index contributed by atoms with van der Waals surface area (Å²) in [5, 5.41) is 3.29. The number of carbonyl (C=O) groups excluding carboxylic acids is 1. The van der Waals surface area contributed by atoms with Crippen molar-refractivity contribution in [2.24, 2.45) is 29.6 Å². The molecule has 0 aromatic rings. The molecule has 1 heterocycles. The number of amides is 1. The van der Waals surface area contributed by atoms with Crippen molar-refractivity contribution < 1.29 is 9.53 Å². The third kappa shape index (κ3) is 5.98. The highest BCUT2D eigenvalue weighted by molar-refractivity contribution is 5.75. The fraction of sp³-hybridized carbons (Fsp3) is 0.955. The van der Waals surface area contributed by atoms with Crippen molar-refractivity contribution in [3.8, 4) is 0 Å². The molecule has 1 saturated heterocycles. The summed E-state index contributed by atoms with van der Waals surface area (Å²) in [6.07, 6.45) is 5.57. The lowest BCUT2D eigenvalue weighted by Gasteiger charge is -2.44. The Morgan fingerprint density at radius 2 is 1.60 bits per heavy atom. The maximum absolute atomic E-state index is 12.0. The number of nitrogens with one attached hydrogen (secondary N) is 1. The smallest absolute Gasteiger partial charge is 0.219 e. The molecule has 0 radical (unpaired) electrons. The summed E-state index contributed by atoms with van der Waals surface area (Å²) in [5.74, 6) is 3.20. The third-order valence-corrected chi connectivity index (χ3v) is 7.19. The van der Waals surface area contributed by atoms with Gasteiger partial charge in [0.1, 0.15) is 0 Å². The van der Waals surface area contributed by atoms with Crippen LogP contribution in [0, 0.1) is 29.6 Å². The first-order valence-corrected chi connectivity index (χ1v) is 10.7. The molecule has 25 heavy (non-hydrogen) atoms. The maximum Gasteiger partial charge on any atom is 0.219 e. The summed E-state index contributed by atoms with van der Waals surface area (Å²) in [7, 11) is 0. The van der Waals surface area contributed by atoms with Gasteiger partial charge in [-0.15, -0.1) is 0 Å². The van der Waals surface area contributed by atoms with Gasteiger partial charge in [0, 0.05) is 12.5 Å². The van der Waals surface area contributed by atoms with E-state index in [2.05, 4.69) is 53.8 Å². The normalized spacial score (nSPS) is 33.5. The van der Waals surface area contributed by atoms with E-state index >= 15 is 0 Å². The molecule has 0 aliphatic carbocycles. The Morgan fingerprint density at radius 3 is 2.12 bits per heavy atom. The lowest BCUT2D eigenvalue weighted by Crippen LogP contribution is -2.46. The van der Waals surface area contributed by atoms with E-state index in [0.29, 0.717) is 48.2 Å². The molecular formula is C22H43NO2. The van der Waals surface area contributed by atoms with Crippen LogP contribution < -0.4 is 5.32 Å². The van der Waals surface area contributed by atoms with Crippen LogP contribution in [-0.4, -0.2) is 24.2 Å². The van der Waals surface area contributed by atoms with E-state index in [0.717, 1.165) is 25.7 Å². The SMILES string of the molecule is CCC(=O)N[C@@H](CCC1OC(CC)[C@H](C)C(C)[C@@H]1C)[C@H](C)[C@H](C)CC. The zero-order chi connectivity index (χ0) is 19.1. The topological polar surface area (TPSA) is 38.3 Å². The molecule has 0 aromatic heterocycles. The van der Waals surface area contributed by atoms with E-state index < -0.39 is 0 Å². The zero-order valence-corrected chi connectivity index (χ0v) is 18.0. The predicted octanol–water partition coefficient (Wildman–Crippen LogP) is 5.43. The molecule has 3 heteroatoms. The minimum absolute atomic E-state index is 0.172. The summed E-state index contributed by atoms with van der Waals surface area (Å²) in [5.41, 5.74) is 0. The summed E-state index contributed by atoms with van der Waals surface area (Å²) in [6, 6.07) is 0.257. The fourth-order valence-corrected chi connectivity index (χ4v) is 4.31. The highest BCUT2D eigenvalue weighted by atomic mass is 16.5. The van der Waals surface area contributed by atoms with E-state index in [1.807, 2.05) is 6.92 Å². The molecule has 0 bridgehead atoms. The Bertz CT molecular complexity index is 395. The van der Waals surface area contributed by atoms with Crippen LogP contribution in [-0.2, 0) is 9.53 Å². The summed E-state index contributed by atoms with van der Waals surface area (Å²) in [4.78, 5) is 12.0. The Morgan fingerprint density at radius 1 is 1.00 bits per heavy atom. The maximum atomic E-state index is 12.0. The molecule has 8 atom stereocenters. The Kier molecular flexibility index (Phi) is 9.48. The molecule has 1 aliphatic rings. The fourth-order valence-electron chi connectivity index (χ4n) is 4.31. The van der Waals surface area contributed by atoms with Gasteiger partial charge in [-0.2, -0.15) is 0 Å². The van der Waals surface area contributed by atoms with Gasteiger partial charge in [-0.25, -0.2) is 0 Å². The van der Waals surface area contributed by atoms with Crippen LogP contribution in [0.2, 0.25) is 0 Å². The van der Waals surface area contributed by atoms with Crippen LogP contribution >= 0.6 is 0 Å². The van der Waals surface area contributed by atoms with Crippen molar-refractivity contribution >= 4 is 5.91 Å². The van der Waals surface area contributed by atoms with Crippen molar-refractivity contribution in [2.45, 2.75) is 106 Å². The van der Waals surface area contributed by atoms with E-state index in [9.17, 15) is 4.79 Å². The van der Waals surface area contributed by atoms with Crippen molar-refractivity contribution in [1.29, 1.82) is 0 Å². The number of hydrogen-bond acceptors (Lipinski definition) is 2. The van der Waals surface area contributed by atoms with Gasteiger partial charge >= 0.3 is 0 Å². The van der Waals surface area contributed by atoms with Gasteiger partial charge in [0.15, 0.2) is 0 Å². The summed E-state index contributed by atoms with van der Waals surface area (Å²) in [6.45, 7) is 18.0. The first kappa shape index (κ1) is 22.5. The van der Waals surface area contributed by atoms with Crippen molar-refractivity contribution in [3.63, 3.8) is 0 Å². The number of carbonyl (C=O) groups is 1. The number of ether oxygens (including phenoxy) is 1. The molecule has 148 valence electrons. The van der Waals surface area contributed by atoms with Gasteiger partial charge in [0.05, 0.1) is 12.2 Å². The van der Waals surface area contributed by atoms with Gasteiger partial charge in [-0.3, -0.25) is 4.79 Å². The van der Waals surface area contributed by atoms with Crippen LogP contribution in [0.3, 0.4) is 0 Å². The lowest BCUT2D eigenvalue weighted by atomic mass is 9.74. The number of hydrogen-bond donors (Lipinski definition) is 1. The van der Waals surface area contributed by atoms with E-state index in [1.54, 1.807) is 0 Å². The van der Waals surface area contributed by atoms with Gasteiger partial charge in [0.2, 0.25) is 5.91 Å². The second-order valence-corrected chi connectivity index (χ2v) is 8.55. The standard InChI is InChI=1S/C22H43NO2/c1-9-14(4)15(5)19(23-22(24)11-3)12-13-21-18(8)16(6)17(7)20(10-2)25-21/h14-21H,9-13H2,1-8H3,(H,23,24)/t14-,15-,16?,17-,18+,19+,20?,21?/m1/s1. The number of rotatable bonds is 9. The first-order chi connectivity index (χ1) is 11.8. The van der Waals surface area contributed by atoms with Crippen molar-refractivity contribution in [3.05, 3.63) is 0 Å². The molecule has 0 aromatic carbocycles. The Balaban J connectivity index is 2.75. The average Bonchev–Trinajstić information content (AvgIpc) is 2.62. The molecule has 1 aliphatic heterocycles. The molecule has 1 N–H and O–H groups in total. The van der Waals surface area contributed by atoms with Crippen molar-refractivity contribution in [1.82, 2.24) is 5.32 Å². The lowest BCUT2D eigenvalue weighted by molar-refractivity contribution is -0.138. The molecule has 0 spiro atoms. The van der Waals surface area contributed by atoms with E-state index in [-0.39, 0.29) is 11.9 Å². The van der Waals surface area contributed by atoms with Crippen LogP contribution in [0.4, 0.5) is 0 Å². The van der Waals surface area contributed by atoms with Crippen LogP contribution in [0.1, 0.15) is 87.5 Å². The molecule has 1 fully saturated rings. The predicted molar refractivity (Wildman–Crippen MR) is 107 cm³/mol. The summed E-state index contributed by atoms with van der Waals surface area (Å²) >= 11 is 0. The molecule has 3 nitrogen and oxygen atoms in total. The first-order valence-electron chi connectivity index (χ1n) is 10.7. The van der Waals surface area contributed by atoms with Gasteiger partial charge in [0.25, 0.3) is 0 Å². The largest absolute Gasteiger partial charge is 0.374 e. The Hall–Kier alpha value is -0.570. The highest BCUT2D eigenvalue weighted by Crippen LogP contribution is 2.38. The van der Waals surface area contributed by atoms with E-state index in [1.165, 1.54) is 0 Å². The molecule has 1 rings (SSSR count). The van der Waals surface area contributed by atoms with Gasteiger partial charge in [-0.1, -0.05) is 61.8 Å². The van der Waals surface area contributed by atoms with Crippen LogP contribution in [0.25, 0.3) is 0 Å². The minimum atomic E-state index is 0.172. The minimum Gasteiger partial charge on any atom is -0.374 e. The summed E-state index contributed by atoms with van der Waals surface area (Å²) < 4.78 is 6.47. The highest BCUT2D eigenvalue weighted by Gasteiger charge is 2.38. The van der Waals surface area contributed by atoms with Gasteiger partial charge in [-0.05, 0) is 48.9 Å². The van der Waals surface area contributed by atoms with E-state index in [4.69, 9.17) is 4.74 Å². The van der Waals surface area contributed by atoms with Crippen LogP contribution in [0.5, 0.6) is 0 Å². The molecular weight excluding hydrogens is 310 g/mol. The second kappa shape index (κ2) is 10.5. The molecule has 3 unspecified atom stereocenters. The second-order valence-electron chi connectivity index (χ2n) is 8.55. The van der Waals surface area contributed by atoms with Gasteiger partial charge < -0.3 is 10.1 Å². The quantitative estimate of drug-likeness (QED) is 0.600. The van der Waals surface area contributed by atoms with Crippen LogP contribution in [0.15, 0.2) is 0 Å².